The van der Waals surface area contributed by atoms with Crippen molar-refractivity contribution in [3.05, 3.63) is 56.9 Å². The number of carbonyl (C=O) groups is 1. The molecule has 0 aliphatic rings. The Kier molecular flexibility index (Phi) is 4.04. The second kappa shape index (κ2) is 5.56. The zero-order valence-electron chi connectivity index (χ0n) is 10.1. The number of aromatic carboxylic acids is 1. The van der Waals surface area contributed by atoms with E-state index in [1.807, 2.05) is 25.1 Å². The van der Waals surface area contributed by atoms with E-state index in [-0.39, 0.29) is 5.56 Å². The van der Waals surface area contributed by atoms with Gasteiger partial charge in [-0.3, -0.25) is 0 Å². The summed E-state index contributed by atoms with van der Waals surface area (Å²) in [6, 6.07) is 9.83. The number of carboxylic acids is 1. The number of anilines is 2. The van der Waals surface area contributed by atoms with E-state index >= 15 is 0 Å². The normalized spacial score (nSPS) is 10.3. The molecule has 0 aromatic heterocycles. The van der Waals surface area contributed by atoms with Crippen molar-refractivity contribution in [2.75, 3.05) is 5.32 Å². The van der Waals surface area contributed by atoms with Gasteiger partial charge in [-0.2, -0.15) is 0 Å². The van der Waals surface area contributed by atoms with Crippen molar-refractivity contribution < 1.29 is 14.3 Å². The van der Waals surface area contributed by atoms with Crippen molar-refractivity contribution in [3.63, 3.8) is 0 Å². The van der Waals surface area contributed by atoms with E-state index in [0.717, 1.165) is 14.8 Å². The lowest BCUT2D eigenvalue weighted by Gasteiger charge is -2.10. The summed E-state index contributed by atoms with van der Waals surface area (Å²) < 4.78 is 14.7. The number of aryl methyl sites for hydroxylation is 1. The number of nitrogens with one attached hydrogen (secondary N) is 1. The molecule has 0 atom stereocenters. The van der Waals surface area contributed by atoms with Gasteiger partial charge in [0, 0.05) is 14.9 Å². The van der Waals surface area contributed by atoms with Crippen LogP contribution in [0.25, 0.3) is 0 Å². The SMILES string of the molecule is Cc1cc(I)ccc1Nc1ccc(C(=O)O)c(F)c1. The van der Waals surface area contributed by atoms with Crippen LogP contribution in [0, 0.1) is 16.3 Å². The molecule has 98 valence electrons. The lowest BCUT2D eigenvalue weighted by Crippen LogP contribution is -2.01. The quantitative estimate of drug-likeness (QED) is 0.796. The molecule has 0 fully saturated rings. The molecule has 2 aromatic rings. The number of benzene rings is 2. The van der Waals surface area contributed by atoms with E-state index < -0.39 is 11.8 Å². The Morgan fingerprint density at radius 3 is 2.58 bits per heavy atom. The summed E-state index contributed by atoms with van der Waals surface area (Å²) >= 11 is 2.22. The number of hydrogen-bond acceptors (Lipinski definition) is 2. The maximum atomic E-state index is 13.5. The average molecular weight is 371 g/mol. The summed E-state index contributed by atoms with van der Waals surface area (Å²) in [4.78, 5) is 10.7. The summed E-state index contributed by atoms with van der Waals surface area (Å²) in [5, 5.41) is 11.8. The second-order valence-corrected chi connectivity index (χ2v) is 5.33. The van der Waals surface area contributed by atoms with Gasteiger partial charge in [-0.15, -0.1) is 0 Å². The van der Waals surface area contributed by atoms with E-state index in [1.165, 1.54) is 12.1 Å². The van der Waals surface area contributed by atoms with Crippen molar-refractivity contribution in [3.8, 4) is 0 Å². The molecular formula is C14H11FINO2. The predicted molar refractivity (Wildman–Crippen MR) is 80.5 cm³/mol. The monoisotopic (exact) mass is 371 g/mol. The lowest BCUT2D eigenvalue weighted by atomic mass is 10.1. The van der Waals surface area contributed by atoms with Crippen LogP contribution in [0.5, 0.6) is 0 Å². The Balaban J connectivity index is 2.29. The maximum absolute atomic E-state index is 13.5. The fourth-order valence-electron chi connectivity index (χ4n) is 1.69. The van der Waals surface area contributed by atoms with Crippen LogP contribution in [0.3, 0.4) is 0 Å². The third-order valence-corrected chi connectivity index (χ3v) is 3.34. The standard InChI is InChI=1S/C14H11FINO2/c1-8-6-9(16)2-5-13(8)17-10-3-4-11(14(18)19)12(15)7-10/h2-7,17H,1H3,(H,18,19). The van der Waals surface area contributed by atoms with Gasteiger partial charge in [0.25, 0.3) is 0 Å². The molecule has 0 amide bonds. The van der Waals surface area contributed by atoms with Crippen LogP contribution in [0.1, 0.15) is 15.9 Å². The van der Waals surface area contributed by atoms with Crippen molar-refractivity contribution in [1.29, 1.82) is 0 Å². The van der Waals surface area contributed by atoms with Crippen LogP contribution in [-0.4, -0.2) is 11.1 Å². The molecule has 0 bridgehead atoms. The first-order valence-electron chi connectivity index (χ1n) is 5.53. The molecule has 0 saturated heterocycles. The second-order valence-electron chi connectivity index (χ2n) is 4.08. The molecular weight excluding hydrogens is 360 g/mol. The topological polar surface area (TPSA) is 49.3 Å². The van der Waals surface area contributed by atoms with Gasteiger partial charge >= 0.3 is 5.97 Å². The van der Waals surface area contributed by atoms with E-state index in [0.29, 0.717) is 5.69 Å². The van der Waals surface area contributed by atoms with Gasteiger partial charge in [-0.1, -0.05) is 0 Å². The van der Waals surface area contributed by atoms with Gasteiger partial charge in [0.2, 0.25) is 0 Å². The third-order valence-electron chi connectivity index (χ3n) is 2.67. The number of carboxylic acid groups (broad SMARTS) is 1. The summed E-state index contributed by atoms with van der Waals surface area (Å²) in [5.74, 6) is -2.02. The van der Waals surface area contributed by atoms with Crippen LogP contribution in [-0.2, 0) is 0 Å². The summed E-state index contributed by atoms with van der Waals surface area (Å²) in [5.41, 5.74) is 2.09. The molecule has 0 heterocycles. The first-order valence-corrected chi connectivity index (χ1v) is 6.61. The van der Waals surface area contributed by atoms with Crippen molar-refractivity contribution >= 4 is 39.9 Å². The highest BCUT2D eigenvalue weighted by Crippen LogP contribution is 2.23. The highest BCUT2D eigenvalue weighted by atomic mass is 127. The van der Waals surface area contributed by atoms with E-state index in [4.69, 9.17) is 5.11 Å². The zero-order chi connectivity index (χ0) is 14.0. The largest absolute Gasteiger partial charge is 0.478 e. The van der Waals surface area contributed by atoms with Gasteiger partial charge in [-0.05, 0) is 71.5 Å². The third kappa shape index (κ3) is 3.23. The summed E-state index contributed by atoms with van der Waals surface area (Å²) in [6.45, 7) is 1.95. The Morgan fingerprint density at radius 1 is 1.26 bits per heavy atom. The first kappa shape index (κ1) is 13.8. The highest BCUT2D eigenvalue weighted by molar-refractivity contribution is 14.1. The van der Waals surface area contributed by atoms with Crippen molar-refractivity contribution in [2.45, 2.75) is 6.92 Å². The van der Waals surface area contributed by atoms with Gasteiger partial charge < -0.3 is 10.4 Å². The fraction of sp³-hybridized carbons (Fsp3) is 0.0714. The number of rotatable bonds is 3. The van der Waals surface area contributed by atoms with E-state index in [1.54, 1.807) is 6.07 Å². The van der Waals surface area contributed by atoms with Gasteiger partial charge in [0.15, 0.2) is 0 Å². The molecule has 0 aliphatic carbocycles. The molecule has 0 unspecified atom stereocenters. The minimum Gasteiger partial charge on any atom is -0.478 e. The zero-order valence-corrected chi connectivity index (χ0v) is 12.2. The molecule has 0 radical (unpaired) electrons. The summed E-state index contributed by atoms with van der Waals surface area (Å²) in [6.07, 6.45) is 0. The van der Waals surface area contributed by atoms with Crippen LogP contribution in [0.15, 0.2) is 36.4 Å². The molecule has 0 saturated carbocycles. The molecule has 2 rings (SSSR count). The Bertz CT molecular complexity index is 643. The minimum absolute atomic E-state index is 0.329. The van der Waals surface area contributed by atoms with E-state index in [9.17, 15) is 9.18 Å². The average Bonchev–Trinajstić information content (AvgIpc) is 2.32. The molecule has 5 heteroatoms. The van der Waals surface area contributed by atoms with Gasteiger partial charge in [0.1, 0.15) is 5.82 Å². The van der Waals surface area contributed by atoms with E-state index in [2.05, 4.69) is 27.9 Å². The van der Waals surface area contributed by atoms with Crippen LogP contribution < -0.4 is 5.32 Å². The molecule has 0 aliphatic heterocycles. The predicted octanol–water partition coefficient (Wildman–Crippen LogP) is 4.18. The Morgan fingerprint density at radius 2 is 2.00 bits per heavy atom. The fourth-order valence-corrected chi connectivity index (χ4v) is 2.34. The Hall–Kier alpha value is -1.63. The molecule has 2 aromatic carbocycles. The first-order chi connectivity index (χ1) is 8.97. The lowest BCUT2D eigenvalue weighted by molar-refractivity contribution is 0.0692. The molecule has 3 nitrogen and oxygen atoms in total. The molecule has 0 spiro atoms. The number of hydrogen-bond donors (Lipinski definition) is 2. The van der Waals surface area contributed by atoms with Gasteiger partial charge in [-0.25, -0.2) is 9.18 Å². The van der Waals surface area contributed by atoms with Crippen LogP contribution in [0.2, 0.25) is 0 Å². The van der Waals surface area contributed by atoms with Crippen LogP contribution in [0.4, 0.5) is 15.8 Å². The minimum atomic E-state index is -1.27. The van der Waals surface area contributed by atoms with Crippen molar-refractivity contribution in [1.82, 2.24) is 0 Å². The molecule has 19 heavy (non-hydrogen) atoms. The van der Waals surface area contributed by atoms with Crippen LogP contribution >= 0.6 is 22.6 Å². The van der Waals surface area contributed by atoms with Gasteiger partial charge in [0.05, 0.1) is 5.56 Å². The Labute approximate surface area is 123 Å². The molecule has 2 N–H and O–H groups in total. The maximum Gasteiger partial charge on any atom is 0.338 e. The summed E-state index contributed by atoms with van der Waals surface area (Å²) in [7, 11) is 0. The van der Waals surface area contributed by atoms with Crippen molar-refractivity contribution in [2.24, 2.45) is 0 Å². The smallest absolute Gasteiger partial charge is 0.338 e. The highest BCUT2D eigenvalue weighted by Gasteiger charge is 2.10. The number of halogens is 2.